The molecule has 0 radical (unpaired) electrons. The van der Waals surface area contributed by atoms with Crippen LogP contribution in [0.15, 0.2) is 47.5 Å². The molecule has 0 aromatic heterocycles. The third-order valence-electron chi connectivity index (χ3n) is 5.50. The summed E-state index contributed by atoms with van der Waals surface area (Å²) in [5.74, 6) is 2.55. The molecule has 1 aliphatic carbocycles. The van der Waals surface area contributed by atoms with Crippen molar-refractivity contribution in [2.24, 2.45) is 10.9 Å². The zero-order chi connectivity index (χ0) is 20.8. The normalized spacial score (nSPS) is 15.8. The van der Waals surface area contributed by atoms with Crippen LogP contribution in [0.2, 0.25) is 0 Å². The molecule has 30 heavy (non-hydrogen) atoms. The van der Waals surface area contributed by atoms with E-state index in [1.165, 1.54) is 0 Å². The van der Waals surface area contributed by atoms with Gasteiger partial charge in [-0.15, -0.1) is 0 Å². The van der Waals surface area contributed by atoms with Gasteiger partial charge in [-0.3, -0.25) is 9.79 Å². The lowest BCUT2D eigenvalue weighted by Crippen LogP contribution is -2.36. The number of amides is 1. The number of fused-ring (bicyclic) bond motifs is 1. The van der Waals surface area contributed by atoms with Gasteiger partial charge in [0.1, 0.15) is 0 Å². The number of benzene rings is 2. The maximum Gasteiger partial charge on any atom is 0.231 e. The van der Waals surface area contributed by atoms with Crippen LogP contribution in [0.5, 0.6) is 11.5 Å². The van der Waals surface area contributed by atoms with E-state index < -0.39 is 0 Å². The highest BCUT2D eigenvalue weighted by Gasteiger charge is 2.22. The molecule has 0 bridgehead atoms. The highest BCUT2D eigenvalue weighted by molar-refractivity contribution is 5.92. The Balaban J connectivity index is 1.28. The van der Waals surface area contributed by atoms with Crippen molar-refractivity contribution in [1.82, 2.24) is 10.6 Å². The quantitative estimate of drug-likeness (QED) is 0.504. The molecule has 3 N–H and O–H groups in total. The second-order valence-corrected chi connectivity index (χ2v) is 7.64. The van der Waals surface area contributed by atoms with Crippen molar-refractivity contribution < 1.29 is 14.3 Å². The summed E-state index contributed by atoms with van der Waals surface area (Å²) in [6.07, 6.45) is 4.30. The van der Waals surface area contributed by atoms with Crippen LogP contribution < -0.4 is 25.4 Å². The van der Waals surface area contributed by atoms with Crippen molar-refractivity contribution in [3.8, 4) is 11.5 Å². The van der Waals surface area contributed by atoms with Gasteiger partial charge in [-0.2, -0.15) is 0 Å². The molecule has 1 amide bonds. The number of nitrogens with zero attached hydrogens (tertiary/aromatic N) is 1. The molecule has 4 rings (SSSR count). The molecular formula is C23H28N4O3. The van der Waals surface area contributed by atoms with Gasteiger partial charge >= 0.3 is 0 Å². The molecule has 158 valence electrons. The van der Waals surface area contributed by atoms with Crippen LogP contribution >= 0.6 is 0 Å². The first-order valence-corrected chi connectivity index (χ1v) is 10.4. The predicted molar refractivity (Wildman–Crippen MR) is 117 cm³/mol. The molecule has 1 heterocycles. The predicted octanol–water partition coefficient (Wildman–Crippen LogP) is 3.41. The Morgan fingerprint density at radius 2 is 1.73 bits per heavy atom. The summed E-state index contributed by atoms with van der Waals surface area (Å²) in [4.78, 5) is 16.6. The number of hydrogen-bond acceptors (Lipinski definition) is 4. The molecular weight excluding hydrogens is 380 g/mol. The molecule has 0 spiro atoms. The first-order chi connectivity index (χ1) is 14.7. The summed E-state index contributed by atoms with van der Waals surface area (Å²) in [6, 6.07) is 13.8. The Kier molecular flexibility index (Phi) is 6.37. The van der Waals surface area contributed by atoms with Crippen LogP contribution in [-0.2, 0) is 17.9 Å². The summed E-state index contributed by atoms with van der Waals surface area (Å²) < 4.78 is 10.8. The number of hydrogen-bond donors (Lipinski definition) is 3. The van der Waals surface area contributed by atoms with E-state index in [0.717, 1.165) is 54.0 Å². The number of guanidine groups is 1. The van der Waals surface area contributed by atoms with Gasteiger partial charge in [-0.05, 0) is 48.2 Å². The number of carbonyl (C=O) groups is 1. The zero-order valence-electron chi connectivity index (χ0n) is 17.2. The molecule has 7 nitrogen and oxygen atoms in total. The van der Waals surface area contributed by atoms with Crippen molar-refractivity contribution in [2.45, 2.75) is 38.8 Å². The van der Waals surface area contributed by atoms with Gasteiger partial charge in [0.05, 0.1) is 0 Å². The Morgan fingerprint density at radius 1 is 1.00 bits per heavy atom. The standard InChI is InChI=1S/C23H28N4O3/c1-24-23(26-14-17-9-10-20-21(12-17)30-15-29-20)25-13-16-5-4-8-19(11-16)27-22(28)18-6-2-3-7-18/h4-5,8-12,18H,2-3,6-7,13-15H2,1H3,(H,27,28)(H2,24,25,26). The molecule has 0 saturated heterocycles. The van der Waals surface area contributed by atoms with Gasteiger partial charge in [0, 0.05) is 31.7 Å². The molecule has 1 saturated carbocycles. The van der Waals surface area contributed by atoms with E-state index in [9.17, 15) is 4.79 Å². The maximum atomic E-state index is 12.4. The fourth-order valence-corrected chi connectivity index (χ4v) is 3.83. The first kappa shape index (κ1) is 20.1. The highest BCUT2D eigenvalue weighted by Crippen LogP contribution is 2.32. The third-order valence-corrected chi connectivity index (χ3v) is 5.50. The summed E-state index contributed by atoms with van der Waals surface area (Å²) in [6.45, 7) is 1.50. The summed E-state index contributed by atoms with van der Waals surface area (Å²) >= 11 is 0. The molecule has 2 aromatic rings. The molecule has 2 aromatic carbocycles. The van der Waals surface area contributed by atoms with Crippen LogP contribution in [0.1, 0.15) is 36.8 Å². The van der Waals surface area contributed by atoms with Crippen molar-refractivity contribution in [1.29, 1.82) is 0 Å². The van der Waals surface area contributed by atoms with Crippen molar-refractivity contribution >= 4 is 17.6 Å². The Bertz CT molecular complexity index is 922. The number of ether oxygens (including phenoxy) is 2. The monoisotopic (exact) mass is 408 g/mol. The Morgan fingerprint density at radius 3 is 2.50 bits per heavy atom. The second kappa shape index (κ2) is 9.52. The summed E-state index contributed by atoms with van der Waals surface area (Å²) in [7, 11) is 1.74. The number of aliphatic imine (C=N–C) groups is 1. The first-order valence-electron chi connectivity index (χ1n) is 10.4. The van der Waals surface area contributed by atoms with Crippen LogP contribution in [0.25, 0.3) is 0 Å². The lowest BCUT2D eigenvalue weighted by molar-refractivity contribution is -0.119. The maximum absolute atomic E-state index is 12.4. The van der Waals surface area contributed by atoms with E-state index in [4.69, 9.17) is 9.47 Å². The minimum Gasteiger partial charge on any atom is -0.454 e. The van der Waals surface area contributed by atoms with Gasteiger partial charge in [-0.1, -0.05) is 31.0 Å². The van der Waals surface area contributed by atoms with E-state index in [1.54, 1.807) is 7.05 Å². The smallest absolute Gasteiger partial charge is 0.231 e. The second-order valence-electron chi connectivity index (χ2n) is 7.64. The topological polar surface area (TPSA) is 84.0 Å². The van der Waals surface area contributed by atoms with E-state index in [0.29, 0.717) is 19.0 Å². The Hall–Kier alpha value is -3.22. The van der Waals surface area contributed by atoms with E-state index in [-0.39, 0.29) is 18.6 Å². The fourth-order valence-electron chi connectivity index (χ4n) is 3.83. The van der Waals surface area contributed by atoms with Gasteiger partial charge in [-0.25, -0.2) is 0 Å². The molecule has 2 aliphatic rings. The van der Waals surface area contributed by atoms with Crippen molar-refractivity contribution in [3.05, 3.63) is 53.6 Å². The van der Waals surface area contributed by atoms with Crippen LogP contribution in [0.3, 0.4) is 0 Å². The molecule has 1 aliphatic heterocycles. The van der Waals surface area contributed by atoms with Crippen LogP contribution in [0.4, 0.5) is 5.69 Å². The van der Waals surface area contributed by atoms with Gasteiger partial charge < -0.3 is 25.4 Å². The van der Waals surface area contributed by atoms with Gasteiger partial charge in [0.25, 0.3) is 0 Å². The van der Waals surface area contributed by atoms with Crippen LogP contribution in [-0.4, -0.2) is 25.7 Å². The molecule has 7 heteroatoms. The SMILES string of the molecule is CN=C(NCc1cccc(NC(=O)C2CCCC2)c1)NCc1ccc2c(c1)OCO2. The zero-order valence-corrected chi connectivity index (χ0v) is 17.2. The molecule has 0 unspecified atom stereocenters. The highest BCUT2D eigenvalue weighted by atomic mass is 16.7. The van der Waals surface area contributed by atoms with E-state index in [1.807, 2.05) is 42.5 Å². The van der Waals surface area contributed by atoms with Crippen molar-refractivity contribution in [2.75, 3.05) is 19.2 Å². The molecule has 0 atom stereocenters. The van der Waals surface area contributed by atoms with Crippen LogP contribution in [0, 0.1) is 5.92 Å². The number of nitrogens with one attached hydrogen (secondary N) is 3. The summed E-state index contributed by atoms with van der Waals surface area (Å²) in [5.41, 5.74) is 3.00. The summed E-state index contributed by atoms with van der Waals surface area (Å²) in [5, 5.41) is 9.68. The lowest BCUT2D eigenvalue weighted by atomic mass is 10.1. The van der Waals surface area contributed by atoms with Gasteiger partial charge in [0.15, 0.2) is 17.5 Å². The lowest BCUT2D eigenvalue weighted by Gasteiger charge is -2.14. The average molecular weight is 409 g/mol. The third kappa shape index (κ3) is 5.03. The minimum absolute atomic E-state index is 0.138. The number of rotatable bonds is 6. The minimum atomic E-state index is 0.138. The molecule has 1 fully saturated rings. The number of carbonyl (C=O) groups excluding carboxylic acids is 1. The Labute approximate surface area is 176 Å². The van der Waals surface area contributed by atoms with Gasteiger partial charge in [0.2, 0.25) is 12.7 Å². The average Bonchev–Trinajstić information content (AvgIpc) is 3.46. The van der Waals surface area contributed by atoms with Crippen molar-refractivity contribution in [3.63, 3.8) is 0 Å². The van der Waals surface area contributed by atoms with E-state index in [2.05, 4.69) is 20.9 Å². The fraction of sp³-hybridized carbons (Fsp3) is 0.391. The largest absolute Gasteiger partial charge is 0.454 e. The number of anilines is 1. The van der Waals surface area contributed by atoms with E-state index >= 15 is 0 Å².